The maximum absolute atomic E-state index is 12.4. The highest BCUT2D eigenvalue weighted by molar-refractivity contribution is 5.98. The van der Waals surface area contributed by atoms with Gasteiger partial charge in [-0.3, -0.25) is 9.59 Å². The van der Waals surface area contributed by atoms with E-state index in [0.717, 1.165) is 11.1 Å². The molecule has 0 heterocycles. The van der Waals surface area contributed by atoms with E-state index in [2.05, 4.69) is 5.32 Å². The van der Waals surface area contributed by atoms with Gasteiger partial charge in [0.2, 0.25) is 5.91 Å². The molecule has 0 aliphatic heterocycles. The smallest absolute Gasteiger partial charge is 0.253 e. The van der Waals surface area contributed by atoms with E-state index in [-0.39, 0.29) is 24.2 Å². The summed E-state index contributed by atoms with van der Waals surface area (Å²) in [6, 6.07) is 13.7. The molecule has 5 nitrogen and oxygen atoms in total. The van der Waals surface area contributed by atoms with Gasteiger partial charge in [0.05, 0.1) is 0 Å². The number of amides is 2. The molecule has 2 aromatic rings. The maximum atomic E-state index is 12.4. The molecule has 2 aromatic carbocycles. The molecular weight excluding hydrogens is 350 g/mol. The minimum absolute atomic E-state index is 0. The summed E-state index contributed by atoms with van der Waals surface area (Å²) in [5.41, 5.74) is 9.00. The average molecular weight is 376 g/mol. The number of nitrogens with zero attached hydrogens (tertiary/aromatic N) is 1. The minimum atomic E-state index is -0.761. The third-order valence-corrected chi connectivity index (χ3v) is 4.15. The van der Waals surface area contributed by atoms with Gasteiger partial charge in [0, 0.05) is 24.3 Å². The first-order valence-corrected chi connectivity index (χ1v) is 8.48. The van der Waals surface area contributed by atoms with Crippen LogP contribution in [0, 0.1) is 6.92 Å². The minimum Gasteiger partial charge on any atom is -0.339 e. The van der Waals surface area contributed by atoms with Gasteiger partial charge in [-0.2, -0.15) is 0 Å². The highest BCUT2D eigenvalue weighted by Crippen LogP contribution is 2.17. The number of nitrogens with two attached hydrogens (primary N) is 1. The van der Waals surface area contributed by atoms with Crippen LogP contribution in [0.5, 0.6) is 0 Å². The molecule has 0 fully saturated rings. The van der Waals surface area contributed by atoms with E-state index in [4.69, 9.17) is 5.73 Å². The van der Waals surface area contributed by atoms with Gasteiger partial charge in [0.1, 0.15) is 6.04 Å². The number of hydrogen-bond acceptors (Lipinski definition) is 3. The standard InChI is InChI=1S/C20H25N3O2.ClH/c1-4-23(5-2)20(25)16-7-6-8-17(13-16)22-19(24)18(21)15-11-9-14(3)10-12-15;/h6-13,18H,4-5,21H2,1-3H3,(H,22,24);1H. The molecule has 3 N–H and O–H groups in total. The van der Waals surface area contributed by atoms with Crippen LogP contribution in [-0.2, 0) is 4.79 Å². The number of nitrogens with one attached hydrogen (secondary N) is 1. The second-order valence-corrected chi connectivity index (χ2v) is 5.94. The number of rotatable bonds is 6. The summed E-state index contributed by atoms with van der Waals surface area (Å²) in [6.45, 7) is 7.14. The van der Waals surface area contributed by atoms with Crippen molar-refractivity contribution in [1.82, 2.24) is 4.90 Å². The molecular formula is C20H26ClN3O2. The quantitative estimate of drug-likeness (QED) is 0.810. The van der Waals surface area contributed by atoms with E-state index >= 15 is 0 Å². The Balaban J connectivity index is 0.00000338. The number of carbonyl (C=O) groups is 2. The molecule has 1 atom stereocenters. The predicted molar refractivity (Wildman–Crippen MR) is 108 cm³/mol. The Bertz CT molecular complexity index is 743. The van der Waals surface area contributed by atoms with Crippen molar-refractivity contribution in [2.75, 3.05) is 18.4 Å². The van der Waals surface area contributed by atoms with Crippen molar-refractivity contribution >= 4 is 29.9 Å². The first-order valence-electron chi connectivity index (χ1n) is 8.48. The van der Waals surface area contributed by atoms with Crippen LogP contribution in [0.1, 0.15) is 41.4 Å². The van der Waals surface area contributed by atoms with Crippen molar-refractivity contribution in [1.29, 1.82) is 0 Å². The first kappa shape index (κ1) is 21.7. The van der Waals surface area contributed by atoms with Crippen molar-refractivity contribution in [3.8, 4) is 0 Å². The van der Waals surface area contributed by atoms with E-state index in [1.807, 2.05) is 45.0 Å². The molecule has 0 spiro atoms. The van der Waals surface area contributed by atoms with Crippen LogP contribution in [-0.4, -0.2) is 29.8 Å². The van der Waals surface area contributed by atoms with Crippen molar-refractivity contribution < 1.29 is 9.59 Å². The molecule has 0 aromatic heterocycles. The van der Waals surface area contributed by atoms with Gasteiger partial charge in [0.15, 0.2) is 0 Å². The number of halogens is 1. The molecule has 140 valence electrons. The highest BCUT2D eigenvalue weighted by atomic mass is 35.5. The number of benzene rings is 2. The number of carbonyl (C=O) groups excluding carboxylic acids is 2. The van der Waals surface area contributed by atoms with Crippen LogP contribution < -0.4 is 11.1 Å². The van der Waals surface area contributed by atoms with Crippen molar-refractivity contribution in [2.45, 2.75) is 26.8 Å². The van der Waals surface area contributed by atoms with Crippen LogP contribution in [0.15, 0.2) is 48.5 Å². The Labute approximate surface area is 161 Å². The lowest BCUT2D eigenvalue weighted by Gasteiger charge is -2.19. The first-order chi connectivity index (χ1) is 12.0. The van der Waals surface area contributed by atoms with Gasteiger partial charge in [0.25, 0.3) is 5.91 Å². The molecule has 6 heteroatoms. The summed E-state index contributed by atoms with van der Waals surface area (Å²) >= 11 is 0. The van der Waals surface area contributed by atoms with Gasteiger partial charge in [-0.25, -0.2) is 0 Å². The number of aryl methyl sites for hydroxylation is 1. The van der Waals surface area contributed by atoms with Crippen molar-refractivity contribution in [3.63, 3.8) is 0 Å². The van der Waals surface area contributed by atoms with Crippen LogP contribution in [0.2, 0.25) is 0 Å². The Kier molecular flexibility index (Phi) is 8.29. The Morgan fingerprint density at radius 2 is 1.69 bits per heavy atom. The summed E-state index contributed by atoms with van der Waals surface area (Å²) < 4.78 is 0. The van der Waals surface area contributed by atoms with Gasteiger partial charge < -0.3 is 16.0 Å². The molecule has 0 saturated heterocycles. The normalized spacial score (nSPS) is 11.2. The second kappa shape index (κ2) is 9.94. The molecule has 0 aliphatic carbocycles. The molecule has 0 saturated carbocycles. The molecule has 0 radical (unpaired) electrons. The fourth-order valence-electron chi connectivity index (χ4n) is 2.57. The third kappa shape index (κ3) is 5.31. The lowest BCUT2D eigenvalue weighted by molar-refractivity contribution is -0.117. The molecule has 1 unspecified atom stereocenters. The topological polar surface area (TPSA) is 75.4 Å². The zero-order valence-corrected chi connectivity index (χ0v) is 16.2. The van der Waals surface area contributed by atoms with E-state index in [1.165, 1.54) is 0 Å². The second-order valence-electron chi connectivity index (χ2n) is 5.94. The Morgan fingerprint density at radius 1 is 1.08 bits per heavy atom. The Hall–Kier alpha value is -2.37. The monoisotopic (exact) mass is 375 g/mol. The summed E-state index contributed by atoms with van der Waals surface area (Å²) in [5, 5.41) is 2.79. The van der Waals surface area contributed by atoms with E-state index in [0.29, 0.717) is 24.3 Å². The zero-order chi connectivity index (χ0) is 18.4. The SMILES string of the molecule is CCN(CC)C(=O)c1cccc(NC(=O)C(N)c2ccc(C)cc2)c1.Cl. The van der Waals surface area contributed by atoms with E-state index < -0.39 is 6.04 Å². The Morgan fingerprint density at radius 3 is 2.27 bits per heavy atom. The summed E-state index contributed by atoms with van der Waals surface area (Å²) in [6.07, 6.45) is 0. The fourth-order valence-corrected chi connectivity index (χ4v) is 2.57. The van der Waals surface area contributed by atoms with Crippen LogP contribution >= 0.6 is 12.4 Å². The van der Waals surface area contributed by atoms with Crippen molar-refractivity contribution in [3.05, 3.63) is 65.2 Å². The van der Waals surface area contributed by atoms with Crippen LogP contribution in [0.25, 0.3) is 0 Å². The zero-order valence-electron chi connectivity index (χ0n) is 15.4. The lowest BCUT2D eigenvalue weighted by Crippen LogP contribution is -2.30. The van der Waals surface area contributed by atoms with Gasteiger partial charge in [-0.05, 0) is 44.5 Å². The van der Waals surface area contributed by atoms with Gasteiger partial charge in [-0.15, -0.1) is 12.4 Å². The van der Waals surface area contributed by atoms with Crippen molar-refractivity contribution in [2.24, 2.45) is 5.73 Å². The molecule has 0 bridgehead atoms. The molecule has 2 amide bonds. The molecule has 2 rings (SSSR count). The van der Waals surface area contributed by atoms with Crippen LogP contribution in [0.3, 0.4) is 0 Å². The van der Waals surface area contributed by atoms with E-state index in [1.54, 1.807) is 29.2 Å². The van der Waals surface area contributed by atoms with Gasteiger partial charge in [-0.1, -0.05) is 35.9 Å². The van der Waals surface area contributed by atoms with Crippen LogP contribution in [0.4, 0.5) is 5.69 Å². The van der Waals surface area contributed by atoms with Gasteiger partial charge >= 0.3 is 0 Å². The number of hydrogen-bond donors (Lipinski definition) is 2. The molecule has 26 heavy (non-hydrogen) atoms. The molecule has 0 aliphatic rings. The largest absolute Gasteiger partial charge is 0.339 e. The summed E-state index contributed by atoms with van der Waals surface area (Å²) in [7, 11) is 0. The maximum Gasteiger partial charge on any atom is 0.253 e. The summed E-state index contributed by atoms with van der Waals surface area (Å²) in [5.74, 6) is -0.361. The van der Waals surface area contributed by atoms with E-state index in [9.17, 15) is 9.59 Å². The average Bonchev–Trinajstić information content (AvgIpc) is 2.63. The summed E-state index contributed by atoms with van der Waals surface area (Å²) in [4.78, 5) is 26.5. The number of anilines is 1. The third-order valence-electron chi connectivity index (χ3n) is 4.15. The lowest BCUT2D eigenvalue weighted by atomic mass is 10.1. The predicted octanol–water partition coefficient (Wildman–Crippen LogP) is 3.54. The highest BCUT2D eigenvalue weighted by Gasteiger charge is 2.17. The fraction of sp³-hybridized carbons (Fsp3) is 0.300.